The van der Waals surface area contributed by atoms with Crippen LogP contribution in [0.5, 0.6) is 5.75 Å². The third-order valence-electron chi connectivity index (χ3n) is 1.95. The Hall–Kier alpha value is -0.840. The number of hydrogen-bond donors (Lipinski definition) is 2. The molecule has 0 fully saturated rings. The molecule has 0 aliphatic carbocycles. The van der Waals surface area contributed by atoms with Crippen LogP contribution >= 0.6 is 24.8 Å². The predicted octanol–water partition coefficient (Wildman–Crippen LogP) is 2.73. The van der Waals surface area contributed by atoms with Crippen molar-refractivity contribution < 1.29 is 9.94 Å². The molecule has 0 heterocycles. The van der Waals surface area contributed by atoms with Crippen molar-refractivity contribution in [3.8, 4) is 5.75 Å². The molecule has 0 amide bonds. The summed E-state index contributed by atoms with van der Waals surface area (Å²) in [6.45, 7) is 2.59. The summed E-state index contributed by atoms with van der Waals surface area (Å²) in [7, 11) is 1.56. The van der Waals surface area contributed by atoms with E-state index in [1.165, 1.54) is 5.06 Å². The lowest BCUT2D eigenvalue weighted by atomic mass is 10.2. The lowest BCUT2D eigenvalue weighted by Gasteiger charge is -2.17. The molecule has 1 aromatic carbocycles. The third-order valence-corrected chi connectivity index (χ3v) is 1.95. The maximum absolute atomic E-state index is 9.55. The van der Waals surface area contributed by atoms with E-state index in [4.69, 9.17) is 10.5 Å². The van der Waals surface area contributed by atoms with E-state index in [1.54, 1.807) is 25.3 Å². The summed E-state index contributed by atoms with van der Waals surface area (Å²) < 4.78 is 5.01. The van der Waals surface area contributed by atoms with Gasteiger partial charge < -0.3 is 10.5 Å². The summed E-state index contributed by atoms with van der Waals surface area (Å²) in [5.41, 5.74) is 6.92. The van der Waals surface area contributed by atoms with Crippen LogP contribution in [0, 0.1) is 0 Å². The van der Waals surface area contributed by atoms with Crippen molar-refractivity contribution in [2.75, 3.05) is 24.5 Å². The van der Waals surface area contributed by atoms with Crippen molar-refractivity contribution in [3.63, 3.8) is 0 Å². The van der Waals surface area contributed by atoms with Gasteiger partial charge in [-0.1, -0.05) is 6.92 Å². The van der Waals surface area contributed by atoms with Gasteiger partial charge in [-0.25, -0.2) is 0 Å². The van der Waals surface area contributed by atoms with Crippen LogP contribution in [-0.4, -0.2) is 18.9 Å². The zero-order chi connectivity index (χ0) is 10.6. The molecule has 0 radical (unpaired) electrons. The molecule has 0 aromatic heterocycles. The predicted molar refractivity (Wildman–Crippen MR) is 71.3 cm³/mol. The van der Waals surface area contributed by atoms with E-state index in [2.05, 4.69) is 0 Å². The van der Waals surface area contributed by atoms with E-state index >= 15 is 0 Å². The number of nitrogen functional groups attached to an aromatic ring is 1. The van der Waals surface area contributed by atoms with Gasteiger partial charge in [-0.05, 0) is 24.6 Å². The highest BCUT2D eigenvalue weighted by Gasteiger charge is 2.04. The van der Waals surface area contributed by atoms with Gasteiger partial charge in [0.2, 0.25) is 0 Å². The summed E-state index contributed by atoms with van der Waals surface area (Å²) in [5, 5.41) is 10.7. The van der Waals surface area contributed by atoms with Crippen LogP contribution in [0.15, 0.2) is 18.2 Å². The number of hydrogen-bond acceptors (Lipinski definition) is 4. The Labute approximate surface area is 108 Å². The van der Waals surface area contributed by atoms with E-state index in [-0.39, 0.29) is 24.8 Å². The Balaban J connectivity index is 0. The second-order valence-electron chi connectivity index (χ2n) is 3.05. The van der Waals surface area contributed by atoms with Crippen LogP contribution in [-0.2, 0) is 0 Å². The molecule has 94 valence electrons. The second kappa shape index (κ2) is 8.33. The van der Waals surface area contributed by atoms with Gasteiger partial charge in [0.15, 0.2) is 0 Å². The van der Waals surface area contributed by atoms with Crippen molar-refractivity contribution in [3.05, 3.63) is 18.2 Å². The van der Waals surface area contributed by atoms with E-state index in [1.807, 2.05) is 6.92 Å². The Morgan fingerprint density at radius 2 is 2.00 bits per heavy atom. The monoisotopic (exact) mass is 268 g/mol. The molecule has 1 rings (SSSR count). The van der Waals surface area contributed by atoms with Crippen molar-refractivity contribution in [1.82, 2.24) is 0 Å². The minimum Gasteiger partial charge on any atom is -0.495 e. The molecule has 4 nitrogen and oxygen atoms in total. The van der Waals surface area contributed by atoms with E-state index in [0.717, 1.165) is 6.42 Å². The first kappa shape index (κ1) is 17.6. The second-order valence-corrected chi connectivity index (χ2v) is 3.05. The van der Waals surface area contributed by atoms with Gasteiger partial charge in [-0.3, -0.25) is 10.3 Å². The smallest absolute Gasteiger partial charge is 0.141 e. The highest BCUT2D eigenvalue weighted by Crippen LogP contribution is 2.26. The Morgan fingerprint density at radius 3 is 2.44 bits per heavy atom. The summed E-state index contributed by atoms with van der Waals surface area (Å²) in [6, 6.07) is 5.20. The summed E-state index contributed by atoms with van der Waals surface area (Å²) in [5.74, 6) is 0.624. The normalized spacial score (nSPS) is 8.69. The third kappa shape index (κ3) is 4.35. The molecule has 0 saturated carbocycles. The summed E-state index contributed by atoms with van der Waals surface area (Å²) in [6.07, 6.45) is 0.877. The fourth-order valence-corrected chi connectivity index (χ4v) is 1.22. The Kier molecular flexibility index (Phi) is 9.14. The van der Waals surface area contributed by atoms with Crippen LogP contribution in [0.3, 0.4) is 0 Å². The minimum absolute atomic E-state index is 0. The van der Waals surface area contributed by atoms with Gasteiger partial charge in [0.25, 0.3) is 0 Å². The van der Waals surface area contributed by atoms with Crippen LogP contribution in [0.2, 0.25) is 0 Å². The van der Waals surface area contributed by atoms with Crippen molar-refractivity contribution in [2.45, 2.75) is 13.3 Å². The van der Waals surface area contributed by atoms with Gasteiger partial charge in [-0.15, -0.1) is 24.8 Å². The molecule has 0 bridgehead atoms. The van der Waals surface area contributed by atoms with Gasteiger partial charge >= 0.3 is 0 Å². The van der Waals surface area contributed by atoms with E-state index in [0.29, 0.717) is 23.7 Å². The molecule has 0 atom stereocenters. The summed E-state index contributed by atoms with van der Waals surface area (Å²) in [4.78, 5) is 0. The number of anilines is 2. The molecule has 0 unspecified atom stereocenters. The van der Waals surface area contributed by atoms with Crippen molar-refractivity contribution in [1.29, 1.82) is 0 Å². The standard InChI is InChI=1S/C10H16N2O2.2ClH/c1-3-6-12(13)8-4-5-10(14-2)9(11)7-8;;/h4-5,7,13H,3,6,11H2,1-2H3;2*1H. The lowest BCUT2D eigenvalue weighted by molar-refractivity contribution is 0.254. The highest BCUT2D eigenvalue weighted by atomic mass is 35.5. The highest BCUT2D eigenvalue weighted by molar-refractivity contribution is 5.85. The first-order valence-corrected chi connectivity index (χ1v) is 4.59. The topological polar surface area (TPSA) is 58.7 Å². The molecule has 0 spiro atoms. The van der Waals surface area contributed by atoms with Crippen LogP contribution in [0.25, 0.3) is 0 Å². The number of halogens is 2. The molecular weight excluding hydrogens is 251 g/mol. The SMILES string of the molecule is CCCN(O)c1ccc(OC)c(N)c1.Cl.Cl. The van der Waals surface area contributed by atoms with Crippen LogP contribution in [0.4, 0.5) is 11.4 Å². The fraction of sp³-hybridized carbons (Fsp3) is 0.400. The summed E-state index contributed by atoms with van der Waals surface area (Å²) >= 11 is 0. The number of rotatable bonds is 4. The molecule has 16 heavy (non-hydrogen) atoms. The zero-order valence-electron chi connectivity index (χ0n) is 9.34. The zero-order valence-corrected chi connectivity index (χ0v) is 11.0. The molecule has 6 heteroatoms. The number of benzene rings is 1. The van der Waals surface area contributed by atoms with Gasteiger partial charge in [0.1, 0.15) is 5.75 Å². The minimum atomic E-state index is 0. The average molecular weight is 269 g/mol. The number of ether oxygens (including phenoxy) is 1. The maximum atomic E-state index is 9.55. The fourth-order valence-electron chi connectivity index (χ4n) is 1.22. The molecule has 0 saturated heterocycles. The van der Waals surface area contributed by atoms with Crippen LogP contribution in [0.1, 0.15) is 13.3 Å². The Bertz CT molecular complexity index is 311. The number of nitrogens with two attached hydrogens (primary N) is 1. The molecular formula is C10H18Cl2N2O2. The first-order valence-electron chi connectivity index (χ1n) is 4.59. The molecule has 3 N–H and O–H groups in total. The average Bonchev–Trinajstić information content (AvgIpc) is 2.18. The van der Waals surface area contributed by atoms with Gasteiger partial charge in [0.05, 0.1) is 18.5 Å². The number of hydroxylamine groups is 1. The van der Waals surface area contributed by atoms with Gasteiger partial charge in [0, 0.05) is 6.54 Å². The first-order chi connectivity index (χ1) is 6.69. The molecule has 0 aliphatic rings. The quantitative estimate of drug-likeness (QED) is 0.651. The van der Waals surface area contributed by atoms with Crippen LogP contribution < -0.4 is 15.5 Å². The number of methoxy groups -OCH3 is 1. The van der Waals surface area contributed by atoms with E-state index < -0.39 is 0 Å². The maximum Gasteiger partial charge on any atom is 0.141 e. The number of nitrogens with zero attached hydrogens (tertiary/aromatic N) is 1. The van der Waals surface area contributed by atoms with Gasteiger partial charge in [-0.2, -0.15) is 0 Å². The molecule has 1 aromatic rings. The molecule has 0 aliphatic heterocycles. The van der Waals surface area contributed by atoms with Crippen molar-refractivity contribution in [2.24, 2.45) is 0 Å². The largest absolute Gasteiger partial charge is 0.495 e. The van der Waals surface area contributed by atoms with E-state index in [9.17, 15) is 5.21 Å². The Morgan fingerprint density at radius 1 is 1.38 bits per heavy atom. The lowest BCUT2D eigenvalue weighted by Crippen LogP contribution is -2.18. The van der Waals surface area contributed by atoms with Crippen molar-refractivity contribution >= 4 is 36.2 Å².